The molecule has 0 aliphatic rings. The maximum atomic E-state index is 12.6. The zero-order chi connectivity index (χ0) is 26.6. The van der Waals surface area contributed by atoms with E-state index in [9.17, 15) is 49.2 Å². The summed E-state index contributed by atoms with van der Waals surface area (Å²) in [5.74, 6) is -9.81. The predicted octanol–water partition coefficient (Wildman–Crippen LogP) is 2.49. The lowest BCUT2D eigenvalue weighted by atomic mass is 10.1. The largest absolute Gasteiger partial charge is 0.508 e. The molecule has 0 spiro atoms. The fourth-order valence-electron chi connectivity index (χ4n) is 3.00. The zero-order valence-corrected chi connectivity index (χ0v) is 17.8. The van der Waals surface area contributed by atoms with Gasteiger partial charge in [0, 0.05) is 0 Å². The van der Waals surface area contributed by atoms with Crippen LogP contribution in [0.2, 0.25) is 0 Å². The fourth-order valence-corrected chi connectivity index (χ4v) is 3.00. The number of carbonyl (C=O) groups is 6. The average Bonchev–Trinajstić information content (AvgIpc) is 2.83. The molecule has 3 aromatic carbocycles. The second kappa shape index (κ2) is 10.2. The van der Waals surface area contributed by atoms with E-state index in [1.165, 1.54) is 12.1 Å². The quantitative estimate of drug-likeness (QED) is 0.288. The summed E-state index contributed by atoms with van der Waals surface area (Å²) in [6, 6.07) is 10.1. The Morgan fingerprint density at radius 3 is 1.31 bits per heavy atom. The smallest absolute Gasteiger partial charge is 0.347 e. The minimum Gasteiger partial charge on any atom is -0.508 e. The molecule has 0 saturated carbocycles. The molecule has 0 fully saturated rings. The Bertz CT molecular complexity index is 1440. The van der Waals surface area contributed by atoms with Gasteiger partial charge in [-0.05, 0) is 48.5 Å². The molecular weight excluding hydrogens is 480 g/mol. The van der Waals surface area contributed by atoms with Crippen molar-refractivity contribution in [1.82, 2.24) is 0 Å². The molecule has 0 aliphatic heterocycles. The van der Waals surface area contributed by atoms with Crippen molar-refractivity contribution < 1.29 is 58.7 Å². The van der Waals surface area contributed by atoms with E-state index in [2.05, 4.69) is 9.47 Å². The van der Waals surface area contributed by atoms with Crippen LogP contribution in [-0.2, 0) is 9.47 Å². The lowest BCUT2D eigenvalue weighted by Crippen LogP contribution is -2.21. The van der Waals surface area contributed by atoms with Crippen molar-refractivity contribution in [3.63, 3.8) is 0 Å². The van der Waals surface area contributed by atoms with E-state index in [0.717, 1.165) is 48.5 Å². The lowest BCUT2D eigenvalue weighted by Gasteiger charge is -2.10. The normalized spacial score (nSPS) is 10.2. The number of aromatic carboxylic acids is 2. The third-order valence-electron chi connectivity index (χ3n) is 4.64. The summed E-state index contributed by atoms with van der Waals surface area (Å²) >= 11 is 0. The van der Waals surface area contributed by atoms with Gasteiger partial charge < -0.3 is 29.9 Å². The van der Waals surface area contributed by atoms with Crippen LogP contribution in [0.3, 0.4) is 0 Å². The van der Waals surface area contributed by atoms with Crippen molar-refractivity contribution in [2.45, 2.75) is 0 Å². The molecule has 12 heteroatoms. The van der Waals surface area contributed by atoms with E-state index < -0.39 is 80.7 Å². The molecule has 0 saturated heterocycles. The lowest BCUT2D eigenvalue weighted by molar-refractivity contribution is 0.0354. The van der Waals surface area contributed by atoms with Crippen molar-refractivity contribution in [3.8, 4) is 11.5 Å². The van der Waals surface area contributed by atoms with Gasteiger partial charge in [-0.25, -0.2) is 28.8 Å². The number of phenols is 2. The number of ether oxygens (including phenoxy) is 2. The standard InChI is InChI=1S/C24H14O12/c25-11-5-7-15(17(9-11)20(29)30)22(32)35-23(33)16-8-6-12(26)10-18(16)24(34)36-21(31)14-4-2-1-3-13(14)19(27)28/h1-10,25-26H,(H,27,28)(H,29,30). The zero-order valence-electron chi connectivity index (χ0n) is 17.8. The number of carboxylic acids is 2. The highest BCUT2D eigenvalue weighted by atomic mass is 16.6. The highest BCUT2D eigenvalue weighted by molar-refractivity contribution is 6.13. The van der Waals surface area contributed by atoms with Gasteiger partial charge in [0.15, 0.2) is 0 Å². The highest BCUT2D eigenvalue weighted by Crippen LogP contribution is 2.22. The maximum absolute atomic E-state index is 12.6. The molecule has 0 aromatic heterocycles. The van der Waals surface area contributed by atoms with Gasteiger partial charge in [-0.3, -0.25) is 0 Å². The second-order valence-corrected chi connectivity index (χ2v) is 6.97. The number of carbonyl (C=O) groups excluding carboxylic acids is 4. The number of esters is 4. The molecule has 0 amide bonds. The number of phenolic OH excluding ortho intramolecular Hbond substituents is 2. The summed E-state index contributed by atoms with van der Waals surface area (Å²) in [4.78, 5) is 72.7. The first kappa shape index (κ1) is 25.1. The Morgan fingerprint density at radius 2 is 0.833 bits per heavy atom. The number of hydrogen-bond acceptors (Lipinski definition) is 10. The first-order valence-corrected chi connectivity index (χ1v) is 9.74. The Hall–Kier alpha value is -5.52. The van der Waals surface area contributed by atoms with E-state index in [0.29, 0.717) is 0 Å². The number of benzene rings is 3. The number of hydrogen-bond donors (Lipinski definition) is 4. The van der Waals surface area contributed by atoms with Crippen molar-refractivity contribution in [2.24, 2.45) is 0 Å². The van der Waals surface area contributed by atoms with Gasteiger partial charge in [0.2, 0.25) is 0 Å². The molecule has 0 unspecified atom stereocenters. The van der Waals surface area contributed by atoms with Crippen LogP contribution in [0, 0.1) is 0 Å². The van der Waals surface area contributed by atoms with Crippen molar-refractivity contribution in [1.29, 1.82) is 0 Å². The molecule has 3 rings (SSSR count). The SMILES string of the molecule is O=C(O)c1cc(O)ccc1C(=O)OC(=O)c1ccc(O)cc1C(=O)OC(=O)c1ccccc1C(=O)O. The molecule has 4 N–H and O–H groups in total. The minimum absolute atomic E-state index is 0.459. The Balaban J connectivity index is 1.89. The first-order chi connectivity index (χ1) is 17.0. The van der Waals surface area contributed by atoms with Gasteiger partial charge in [-0.2, -0.15) is 0 Å². The molecule has 3 aromatic rings. The van der Waals surface area contributed by atoms with Crippen LogP contribution in [0.1, 0.15) is 62.1 Å². The minimum atomic E-state index is -1.60. The predicted molar refractivity (Wildman–Crippen MR) is 116 cm³/mol. The second-order valence-electron chi connectivity index (χ2n) is 6.97. The molecule has 36 heavy (non-hydrogen) atoms. The Labute approximate surface area is 200 Å². The molecular formula is C24H14O12. The first-order valence-electron chi connectivity index (χ1n) is 9.74. The summed E-state index contributed by atoms with van der Waals surface area (Å²) in [6.45, 7) is 0. The molecule has 0 aliphatic carbocycles. The van der Waals surface area contributed by atoms with Crippen molar-refractivity contribution in [2.75, 3.05) is 0 Å². The third-order valence-corrected chi connectivity index (χ3v) is 4.64. The number of rotatable bonds is 6. The summed E-state index contributed by atoms with van der Waals surface area (Å²) in [5.41, 5.74) is -3.53. The summed E-state index contributed by atoms with van der Waals surface area (Å²) in [7, 11) is 0. The molecule has 12 nitrogen and oxygen atoms in total. The van der Waals surface area contributed by atoms with Gasteiger partial charge in [0.05, 0.1) is 33.4 Å². The average molecular weight is 494 g/mol. The number of carboxylic acid groups (broad SMARTS) is 2. The third kappa shape index (κ3) is 5.34. The van der Waals surface area contributed by atoms with Crippen LogP contribution in [0.4, 0.5) is 0 Å². The molecule has 0 atom stereocenters. The van der Waals surface area contributed by atoms with E-state index >= 15 is 0 Å². The van der Waals surface area contributed by atoms with Gasteiger partial charge in [0.1, 0.15) is 11.5 Å². The van der Waals surface area contributed by atoms with Crippen molar-refractivity contribution in [3.05, 3.63) is 94.0 Å². The molecule has 182 valence electrons. The summed E-state index contributed by atoms with van der Waals surface area (Å²) < 4.78 is 9.31. The highest BCUT2D eigenvalue weighted by Gasteiger charge is 2.28. The Kier molecular flexibility index (Phi) is 7.10. The van der Waals surface area contributed by atoms with Crippen LogP contribution >= 0.6 is 0 Å². The van der Waals surface area contributed by atoms with Crippen LogP contribution in [-0.4, -0.2) is 56.2 Å². The fraction of sp³-hybridized carbons (Fsp3) is 0. The monoisotopic (exact) mass is 494 g/mol. The molecule has 0 bridgehead atoms. The van der Waals surface area contributed by atoms with Crippen LogP contribution in [0.25, 0.3) is 0 Å². The summed E-state index contributed by atoms with van der Waals surface area (Å²) in [6.07, 6.45) is 0. The van der Waals surface area contributed by atoms with E-state index in [1.807, 2.05) is 0 Å². The van der Waals surface area contributed by atoms with Gasteiger partial charge in [0.25, 0.3) is 0 Å². The molecule has 0 radical (unpaired) electrons. The maximum Gasteiger partial charge on any atom is 0.347 e. The van der Waals surface area contributed by atoms with Crippen LogP contribution in [0.15, 0.2) is 60.7 Å². The molecule has 0 heterocycles. The van der Waals surface area contributed by atoms with E-state index in [1.54, 1.807) is 0 Å². The summed E-state index contributed by atoms with van der Waals surface area (Å²) in [5, 5.41) is 37.6. The van der Waals surface area contributed by atoms with Gasteiger partial charge in [-0.1, -0.05) is 12.1 Å². The number of aromatic hydroxyl groups is 2. The van der Waals surface area contributed by atoms with E-state index in [4.69, 9.17) is 0 Å². The van der Waals surface area contributed by atoms with Crippen LogP contribution < -0.4 is 0 Å². The van der Waals surface area contributed by atoms with Crippen LogP contribution in [0.5, 0.6) is 11.5 Å². The van der Waals surface area contributed by atoms with Crippen molar-refractivity contribution >= 4 is 35.8 Å². The van der Waals surface area contributed by atoms with Gasteiger partial charge >= 0.3 is 35.8 Å². The van der Waals surface area contributed by atoms with E-state index in [-0.39, 0.29) is 0 Å². The van der Waals surface area contributed by atoms with Gasteiger partial charge in [-0.15, -0.1) is 0 Å². The topological polar surface area (TPSA) is 202 Å². The Morgan fingerprint density at radius 1 is 0.472 bits per heavy atom.